The van der Waals surface area contributed by atoms with E-state index in [9.17, 15) is 9.59 Å². The lowest BCUT2D eigenvalue weighted by Gasteiger charge is -2.41. The van der Waals surface area contributed by atoms with Crippen molar-refractivity contribution in [3.05, 3.63) is 29.3 Å². The van der Waals surface area contributed by atoms with Gasteiger partial charge in [-0.3, -0.25) is 9.59 Å². The maximum atomic E-state index is 11.9. The molecule has 0 aliphatic carbocycles. The lowest BCUT2D eigenvalue weighted by atomic mass is 9.87. The van der Waals surface area contributed by atoms with E-state index in [-0.39, 0.29) is 24.9 Å². The third-order valence-electron chi connectivity index (χ3n) is 3.77. The number of para-hydroxylation sites is 1. The molecule has 5 nitrogen and oxygen atoms in total. The van der Waals surface area contributed by atoms with Gasteiger partial charge in [0.1, 0.15) is 5.75 Å². The third kappa shape index (κ3) is 3.88. The number of carbonyl (C=O) groups is 2. The van der Waals surface area contributed by atoms with Crippen LogP contribution in [0.15, 0.2) is 24.3 Å². The minimum Gasteiger partial charge on any atom is -0.491 e. The van der Waals surface area contributed by atoms with E-state index < -0.39 is 11.9 Å². The van der Waals surface area contributed by atoms with Gasteiger partial charge in [-0.2, -0.15) is 0 Å². The summed E-state index contributed by atoms with van der Waals surface area (Å²) in [6.45, 7) is 2.96. The zero-order valence-electron chi connectivity index (χ0n) is 11.8. The number of nitrogens with zero attached hydrogens (tertiary/aromatic N) is 1. The molecule has 1 unspecified atom stereocenters. The average Bonchev–Trinajstić information content (AvgIpc) is 2.39. The highest BCUT2D eigenvalue weighted by Crippen LogP contribution is 2.25. The average molecular weight is 312 g/mol. The van der Waals surface area contributed by atoms with Crippen molar-refractivity contribution in [3.8, 4) is 5.75 Å². The number of carbonyl (C=O) groups excluding carboxylic acids is 1. The first-order valence-electron chi connectivity index (χ1n) is 6.87. The second-order valence-electron chi connectivity index (χ2n) is 5.21. The van der Waals surface area contributed by atoms with Crippen LogP contribution in [0.3, 0.4) is 0 Å². The van der Waals surface area contributed by atoms with Crippen molar-refractivity contribution < 1.29 is 19.4 Å². The van der Waals surface area contributed by atoms with Crippen LogP contribution in [0.4, 0.5) is 0 Å². The first-order chi connectivity index (χ1) is 9.99. The van der Waals surface area contributed by atoms with Crippen LogP contribution in [0.1, 0.15) is 13.3 Å². The molecule has 1 heterocycles. The monoisotopic (exact) mass is 311 g/mol. The van der Waals surface area contributed by atoms with E-state index in [0.717, 1.165) is 0 Å². The van der Waals surface area contributed by atoms with E-state index in [1.54, 1.807) is 24.0 Å². The van der Waals surface area contributed by atoms with E-state index in [4.69, 9.17) is 21.4 Å². The van der Waals surface area contributed by atoms with Gasteiger partial charge in [0.05, 0.1) is 24.0 Å². The Bertz CT molecular complexity index is 528. The summed E-state index contributed by atoms with van der Waals surface area (Å²) in [7, 11) is 0. The van der Waals surface area contributed by atoms with Crippen LogP contribution >= 0.6 is 11.6 Å². The van der Waals surface area contributed by atoms with Gasteiger partial charge >= 0.3 is 5.97 Å². The largest absolute Gasteiger partial charge is 0.491 e. The summed E-state index contributed by atoms with van der Waals surface area (Å²) in [4.78, 5) is 24.4. The molecule has 6 heteroatoms. The van der Waals surface area contributed by atoms with E-state index in [1.165, 1.54) is 0 Å². The minimum atomic E-state index is -0.811. The van der Waals surface area contributed by atoms with Crippen LogP contribution < -0.4 is 4.74 Å². The topological polar surface area (TPSA) is 66.8 Å². The number of likely N-dealkylation sites (tertiary alicyclic amines) is 1. The van der Waals surface area contributed by atoms with E-state index in [0.29, 0.717) is 23.9 Å². The van der Waals surface area contributed by atoms with Gasteiger partial charge in [-0.05, 0) is 12.1 Å². The maximum Gasteiger partial charge on any atom is 0.306 e. The molecule has 1 atom stereocenters. The van der Waals surface area contributed by atoms with Crippen LogP contribution in [-0.4, -0.2) is 41.6 Å². The number of hydrogen-bond donors (Lipinski definition) is 1. The fraction of sp³-hybridized carbons (Fsp3) is 0.467. The van der Waals surface area contributed by atoms with Gasteiger partial charge in [0.2, 0.25) is 5.91 Å². The third-order valence-corrected chi connectivity index (χ3v) is 4.08. The van der Waals surface area contributed by atoms with Gasteiger partial charge in [0, 0.05) is 19.0 Å². The van der Waals surface area contributed by atoms with Crippen molar-refractivity contribution >= 4 is 23.5 Å². The Labute approximate surface area is 128 Å². The molecular weight excluding hydrogens is 294 g/mol. The summed E-state index contributed by atoms with van der Waals surface area (Å²) in [6, 6.07) is 7.10. The normalized spacial score (nSPS) is 16.2. The van der Waals surface area contributed by atoms with Crippen molar-refractivity contribution in [2.75, 3.05) is 19.7 Å². The molecule has 0 bridgehead atoms. The molecule has 1 aliphatic heterocycles. The molecule has 1 amide bonds. The lowest BCUT2D eigenvalue weighted by molar-refractivity contribution is -0.150. The molecule has 1 aromatic carbocycles. The zero-order valence-corrected chi connectivity index (χ0v) is 12.5. The van der Waals surface area contributed by atoms with Crippen molar-refractivity contribution in [3.63, 3.8) is 0 Å². The molecule has 2 rings (SSSR count). The molecule has 0 spiro atoms. The summed E-state index contributed by atoms with van der Waals surface area (Å²) in [5, 5.41) is 9.42. The first kappa shape index (κ1) is 15.6. The predicted octanol–water partition coefficient (Wildman–Crippen LogP) is 2.29. The fourth-order valence-electron chi connectivity index (χ4n) is 2.20. The summed E-state index contributed by atoms with van der Waals surface area (Å²) in [5.41, 5.74) is 0. The molecule has 21 heavy (non-hydrogen) atoms. The quantitative estimate of drug-likeness (QED) is 0.875. The van der Waals surface area contributed by atoms with Crippen molar-refractivity contribution in [2.24, 2.45) is 11.8 Å². The SMILES string of the molecule is CC(C(=O)O)C1CN(C(=O)CCOc2ccccc2Cl)C1. The van der Waals surface area contributed by atoms with Crippen molar-refractivity contribution in [1.82, 2.24) is 4.90 Å². The van der Waals surface area contributed by atoms with Crippen LogP contribution in [0.5, 0.6) is 5.75 Å². The number of carboxylic acids is 1. The van der Waals surface area contributed by atoms with E-state index in [1.807, 2.05) is 12.1 Å². The molecule has 1 N–H and O–H groups in total. The Hall–Kier alpha value is -1.75. The lowest BCUT2D eigenvalue weighted by Crippen LogP contribution is -2.53. The molecule has 114 valence electrons. The Kier molecular flexibility index (Phi) is 5.07. The Morgan fingerprint density at radius 1 is 1.43 bits per heavy atom. The van der Waals surface area contributed by atoms with Crippen LogP contribution in [0.25, 0.3) is 0 Å². The zero-order chi connectivity index (χ0) is 15.4. The molecule has 0 aromatic heterocycles. The minimum absolute atomic E-state index is 0.0177. The summed E-state index contributed by atoms with van der Waals surface area (Å²) < 4.78 is 5.47. The number of benzene rings is 1. The molecule has 1 saturated heterocycles. The number of aliphatic carboxylic acids is 1. The highest BCUT2D eigenvalue weighted by atomic mass is 35.5. The summed E-state index contributed by atoms with van der Waals surface area (Å²) in [6.07, 6.45) is 0.263. The van der Waals surface area contributed by atoms with E-state index in [2.05, 4.69) is 0 Å². The van der Waals surface area contributed by atoms with Gasteiger partial charge in [-0.25, -0.2) is 0 Å². The summed E-state index contributed by atoms with van der Waals surface area (Å²) in [5.74, 6) is -0.623. The number of halogens is 1. The van der Waals surface area contributed by atoms with Crippen LogP contribution in [0.2, 0.25) is 5.02 Å². The second kappa shape index (κ2) is 6.80. The number of rotatable bonds is 6. The molecular formula is C15H18ClNO4. The van der Waals surface area contributed by atoms with Crippen molar-refractivity contribution in [1.29, 1.82) is 0 Å². The van der Waals surface area contributed by atoms with Gasteiger partial charge in [-0.15, -0.1) is 0 Å². The molecule has 1 aliphatic rings. The maximum absolute atomic E-state index is 11.9. The van der Waals surface area contributed by atoms with Crippen LogP contribution in [0, 0.1) is 11.8 Å². The summed E-state index contributed by atoms with van der Waals surface area (Å²) >= 11 is 5.95. The van der Waals surface area contributed by atoms with Gasteiger partial charge < -0.3 is 14.7 Å². The number of ether oxygens (including phenoxy) is 1. The molecule has 1 fully saturated rings. The highest BCUT2D eigenvalue weighted by molar-refractivity contribution is 6.32. The molecule has 0 saturated carbocycles. The number of amides is 1. The smallest absolute Gasteiger partial charge is 0.306 e. The highest BCUT2D eigenvalue weighted by Gasteiger charge is 2.36. The predicted molar refractivity (Wildman–Crippen MR) is 78.4 cm³/mol. The standard InChI is InChI=1S/C15H18ClNO4/c1-10(15(19)20)11-8-17(9-11)14(18)6-7-21-13-5-3-2-4-12(13)16/h2-5,10-11H,6-9H2,1H3,(H,19,20). The Morgan fingerprint density at radius 2 is 2.10 bits per heavy atom. The van der Waals surface area contributed by atoms with E-state index >= 15 is 0 Å². The van der Waals surface area contributed by atoms with Gasteiger partial charge in [-0.1, -0.05) is 30.7 Å². The number of hydrogen-bond acceptors (Lipinski definition) is 3. The van der Waals surface area contributed by atoms with Crippen molar-refractivity contribution in [2.45, 2.75) is 13.3 Å². The molecule has 0 radical (unpaired) electrons. The first-order valence-corrected chi connectivity index (χ1v) is 7.24. The number of carboxylic acid groups (broad SMARTS) is 1. The van der Waals surface area contributed by atoms with Gasteiger partial charge in [0.25, 0.3) is 0 Å². The van der Waals surface area contributed by atoms with Gasteiger partial charge in [0.15, 0.2) is 0 Å². The van der Waals surface area contributed by atoms with Crippen LogP contribution in [-0.2, 0) is 9.59 Å². The molecule has 1 aromatic rings. The Balaban J connectivity index is 1.70. The fourth-order valence-corrected chi connectivity index (χ4v) is 2.39. The Morgan fingerprint density at radius 3 is 2.71 bits per heavy atom. The second-order valence-corrected chi connectivity index (χ2v) is 5.62.